The van der Waals surface area contributed by atoms with Crippen LogP contribution in [0.25, 0.3) is 0 Å². The van der Waals surface area contributed by atoms with Crippen LogP contribution in [0.5, 0.6) is 0 Å². The summed E-state index contributed by atoms with van der Waals surface area (Å²) >= 11 is 0. The van der Waals surface area contributed by atoms with Crippen molar-refractivity contribution in [1.82, 2.24) is 9.03 Å². The lowest BCUT2D eigenvalue weighted by Gasteiger charge is -2.20. The van der Waals surface area contributed by atoms with Crippen molar-refractivity contribution < 1.29 is 25.3 Å². The van der Waals surface area contributed by atoms with Crippen molar-refractivity contribution in [3.8, 4) is 0 Å². The Kier molecular flexibility index (Phi) is 7.30. The lowest BCUT2D eigenvalue weighted by molar-refractivity contribution is 0.445. The maximum Gasteiger partial charge on any atom is 0.261 e. The second kappa shape index (κ2) is 9.02. The predicted molar refractivity (Wildman–Crippen MR) is 115 cm³/mol. The minimum Gasteiger partial charge on any atom is -0.280 e. The zero-order valence-electron chi connectivity index (χ0n) is 17.1. The molecule has 2 rings (SSSR count). The molecule has 12 heteroatoms. The van der Waals surface area contributed by atoms with Crippen molar-refractivity contribution in [2.75, 3.05) is 24.9 Å². The first-order valence-corrected chi connectivity index (χ1v) is 13.5. The molecule has 0 aromatic heterocycles. The van der Waals surface area contributed by atoms with Crippen LogP contribution in [0.4, 0.5) is 5.69 Å². The number of benzene rings is 2. The van der Waals surface area contributed by atoms with Crippen LogP contribution in [-0.4, -0.2) is 49.7 Å². The molecule has 2 aromatic carbocycles. The lowest BCUT2D eigenvalue weighted by Crippen LogP contribution is -2.31. The van der Waals surface area contributed by atoms with E-state index in [-0.39, 0.29) is 33.5 Å². The standard InChI is InChI=1S/C18H25N3O6S3/c1-5-21(6-2)30(26,27)18-12-15(11-10-14(18)3)20-29(24,25)17-9-7-8-16(13-17)28(22,23)19-4/h7-13,19-20H,5-6H2,1-4H3. The lowest BCUT2D eigenvalue weighted by atomic mass is 10.2. The third kappa shape index (κ3) is 5.01. The summed E-state index contributed by atoms with van der Waals surface area (Å²) in [7, 11) is -10.6. The Morgan fingerprint density at radius 1 is 0.833 bits per heavy atom. The van der Waals surface area contributed by atoms with Gasteiger partial charge in [-0.1, -0.05) is 26.0 Å². The van der Waals surface area contributed by atoms with Crippen molar-refractivity contribution in [2.24, 2.45) is 0 Å². The summed E-state index contributed by atoms with van der Waals surface area (Å²) in [6.07, 6.45) is 0. The van der Waals surface area contributed by atoms with E-state index in [1.807, 2.05) is 0 Å². The van der Waals surface area contributed by atoms with E-state index >= 15 is 0 Å². The van der Waals surface area contributed by atoms with Gasteiger partial charge in [-0.3, -0.25) is 4.72 Å². The first kappa shape index (κ1) is 24.3. The quantitative estimate of drug-likeness (QED) is 0.568. The van der Waals surface area contributed by atoms with Gasteiger partial charge in [0, 0.05) is 13.1 Å². The highest BCUT2D eigenvalue weighted by Crippen LogP contribution is 2.26. The fraction of sp³-hybridized carbons (Fsp3) is 0.333. The molecular weight excluding hydrogens is 450 g/mol. The van der Waals surface area contributed by atoms with Crippen LogP contribution in [-0.2, 0) is 30.1 Å². The second-order valence-electron chi connectivity index (χ2n) is 6.36. The molecule has 2 N–H and O–H groups in total. The summed E-state index contributed by atoms with van der Waals surface area (Å²) in [6, 6.07) is 9.07. The molecule has 0 amide bonds. The summed E-state index contributed by atoms with van der Waals surface area (Å²) in [5.74, 6) is 0. The molecule has 166 valence electrons. The molecule has 0 unspecified atom stereocenters. The SMILES string of the molecule is CCN(CC)S(=O)(=O)c1cc(NS(=O)(=O)c2cccc(S(=O)(=O)NC)c2)ccc1C. The van der Waals surface area contributed by atoms with Crippen molar-refractivity contribution in [3.63, 3.8) is 0 Å². The highest BCUT2D eigenvalue weighted by molar-refractivity contribution is 7.93. The number of nitrogens with one attached hydrogen (secondary N) is 2. The molecule has 0 aliphatic heterocycles. The molecule has 30 heavy (non-hydrogen) atoms. The molecule has 0 saturated heterocycles. The molecule has 2 aromatic rings. The molecule has 0 bridgehead atoms. The van der Waals surface area contributed by atoms with Crippen molar-refractivity contribution >= 4 is 35.8 Å². The summed E-state index contributed by atoms with van der Waals surface area (Å²) in [5, 5.41) is 0. The van der Waals surface area contributed by atoms with Crippen LogP contribution in [0.15, 0.2) is 57.2 Å². The van der Waals surface area contributed by atoms with Gasteiger partial charge in [0.1, 0.15) is 0 Å². The van der Waals surface area contributed by atoms with Crippen molar-refractivity contribution in [1.29, 1.82) is 0 Å². The molecule has 0 radical (unpaired) electrons. The summed E-state index contributed by atoms with van der Waals surface area (Å²) in [4.78, 5) is -0.480. The average molecular weight is 476 g/mol. The van der Waals surface area contributed by atoms with E-state index in [0.29, 0.717) is 5.56 Å². The van der Waals surface area contributed by atoms with Crippen LogP contribution >= 0.6 is 0 Å². The molecular formula is C18H25N3O6S3. The van der Waals surface area contributed by atoms with E-state index < -0.39 is 30.1 Å². The number of hydrogen-bond acceptors (Lipinski definition) is 6. The van der Waals surface area contributed by atoms with Crippen LogP contribution in [0.2, 0.25) is 0 Å². The van der Waals surface area contributed by atoms with Gasteiger partial charge in [-0.05, 0) is 49.9 Å². The zero-order chi connectivity index (χ0) is 22.7. The Hall–Kier alpha value is -1.99. The van der Waals surface area contributed by atoms with E-state index in [4.69, 9.17) is 0 Å². The van der Waals surface area contributed by atoms with Crippen LogP contribution in [0.3, 0.4) is 0 Å². The Morgan fingerprint density at radius 2 is 1.40 bits per heavy atom. The van der Waals surface area contributed by atoms with Crippen molar-refractivity contribution in [3.05, 3.63) is 48.0 Å². The maximum atomic E-state index is 12.9. The van der Waals surface area contributed by atoms with Gasteiger partial charge in [-0.25, -0.2) is 30.0 Å². The predicted octanol–water partition coefficient (Wildman–Crippen LogP) is 1.73. The van der Waals surface area contributed by atoms with E-state index in [1.165, 1.54) is 47.8 Å². The van der Waals surface area contributed by atoms with Gasteiger partial charge in [0.15, 0.2) is 0 Å². The first-order valence-electron chi connectivity index (χ1n) is 9.06. The van der Waals surface area contributed by atoms with Gasteiger partial charge >= 0.3 is 0 Å². The zero-order valence-corrected chi connectivity index (χ0v) is 19.5. The van der Waals surface area contributed by atoms with Gasteiger partial charge in [-0.15, -0.1) is 0 Å². The third-order valence-electron chi connectivity index (χ3n) is 4.46. The van der Waals surface area contributed by atoms with Gasteiger partial charge in [0.2, 0.25) is 20.0 Å². The third-order valence-corrected chi connectivity index (χ3v) is 9.44. The first-order chi connectivity index (χ1) is 13.9. The number of nitrogens with zero attached hydrogens (tertiary/aromatic N) is 1. The highest BCUT2D eigenvalue weighted by atomic mass is 32.2. The Balaban J connectivity index is 2.48. The Bertz CT molecular complexity index is 1240. The molecule has 0 aliphatic carbocycles. The molecule has 0 saturated carbocycles. The monoisotopic (exact) mass is 475 g/mol. The van der Waals surface area contributed by atoms with Gasteiger partial charge in [-0.2, -0.15) is 4.31 Å². The van der Waals surface area contributed by atoms with Crippen LogP contribution in [0, 0.1) is 6.92 Å². The number of hydrogen-bond donors (Lipinski definition) is 2. The summed E-state index contributed by atoms with van der Waals surface area (Å²) in [6.45, 7) is 5.62. The molecule has 0 atom stereocenters. The van der Waals surface area contributed by atoms with E-state index in [2.05, 4.69) is 9.44 Å². The normalized spacial score (nSPS) is 12.8. The topological polar surface area (TPSA) is 130 Å². The molecule has 9 nitrogen and oxygen atoms in total. The van der Waals surface area contributed by atoms with E-state index in [1.54, 1.807) is 20.8 Å². The fourth-order valence-corrected chi connectivity index (χ4v) is 6.44. The number of rotatable bonds is 9. The Morgan fingerprint density at radius 3 is 1.93 bits per heavy atom. The number of anilines is 1. The second-order valence-corrected chi connectivity index (χ2v) is 11.8. The van der Waals surface area contributed by atoms with Gasteiger partial charge < -0.3 is 0 Å². The molecule has 0 heterocycles. The molecule has 0 fully saturated rings. The molecule has 0 spiro atoms. The minimum absolute atomic E-state index is 0.00193. The van der Waals surface area contributed by atoms with Gasteiger partial charge in [0.05, 0.1) is 20.4 Å². The highest BCUT2D eigenvalue weighted by Gasteiger charge is 2.25. The number of aryl methyl sites for hydroxylation is 1. The largest absolute Gasteiger partial charge is 0.280 e. The van der Waals surface area contributed by atoms with E-state index in [0.717, 1.165) is 6.07 Å². The van der Waals surface area contributed by atoms with Crippen LogP contribution in [0.1, 0.15) is 19.4 Å². The van der Waals surface area contributed by atoms with Gasteiger partial charge in [0.25, 0.3) is 10.0 Å². The smallest absolute Gasteiger partial charge is 0.261 e. The minimum atomic E-state index is -4.16. The number of sulfonamides is 3. The van der Waals surface area contributed by atoms with E-state index in [9.17, 15) is 25.3 Å². The molecule has 0 aliphatic rings. The fourth-order valence-electron chi connectivity index (χ4n) is 2.78. The summed E-state index contributed by atoms with van der Waals surface area (Å²) < 4.78 is 80.9. The average Bonchev–Trinajstić information content (AvgIpc) is 2.70. The van der Waals surface area contributed by atoms with Crippen LogP contribution < -0.4 is 9.44 Å². The maximum absolute atomic E-state index is 12.9. The summed E-state index contributed by atoms with van der Waals surface area (Å²) in [5.41, 5.74) is 0.528. The Labute approximate surface area is 178 Å². The van der Waals surface area contributed by atoms with Crippen molar-refractivity contribution in [2.45, 2.75) is 35.5 Å².